The average Bonchev–Trinajstić information content (AvgIpc) is 3.44. The number of carbonyl (C=O) groups excluding carboxylic acids is 2. The second-order valence-corrected chi connectivity index (χ2v) is 8.10. The minimum absolute atomic E-state index is 0.116. The fourth-order valence-corrected chi connectivity index (χ4v) is 4.43. The van der Waals surface area contributed by atoms with Crippen molar-refractivity contribution < 1.29 is 14.0 Å². The highest BCUT2D eigenvalue weighted by Crippen LogP contribution is 2.31. The Labute approximate surface area is 180 Å². The van der Waals surface area contributed by atoms with E-state index >= 15 is 0 Å². The average molecular weight is 432 g/mol. The summed E-state index contributed by atoms with van der Waals surface area (Å²) in [5, 5.41) is 3.52. The third kappa shape index (κ3) is 4.29. The van der Waals surface area contributed by atoms with Crippen molar-refractivity contribution in [3.05, 3.63) is 41.1 Å². The molecule has 0 radical (unpaired) electrons. The molecule has 0 saturated carbocycles. The number of nitrogens with one attached hydrogen (secondary N) is 1. The van der Waals surface area contributed by atoms with Gasteiger partial charge in [-0.3, -0.25) is 9.59 Å². The van der Waals surface area contributed by atoms with Crippen molar-refractivity contribution in [2.24, 2.45) is 5.73 Å². The number of carbonyl (C=O) groups is 2. The van der Waals surface area contributed by atoms with E-state index in [0.717, 1.165) is 25.2 Å². The van der Waals surface area contributed by atoms with Crippen molar-refractivity contribution in [2.45, 2.75) is 44.7 Å². The van der Waals surface area contributed by atoms with Crippen LogP contribution in [0.3, 0.4) is 0 Å². The molecule has 160 valence electrons. The number of halogens is 1. The number of likely N-dealkylation sites (tertiary alicyclic amines) is 1. The number of amides is 2. The first kappa shape index (κ1) is 20.7. The molecule has 30 heavy (non-hydrogen) atoms. The Hall–Kier alpha value is -2.58. The summed E-state index contributed by atoms with van der Waals surface area (Å²) in [5.74, 6) is -0.262. The number of rotatable bonds is 5. The molecule has 1 aromatic heterocycles. The van der Waals surface area contributed by atoms with Crippen LogP contribution in [0.1, 0.15) is 48.5 Å². The van der Waals surface area contributed by atoms with Crippen LogP contribution >= 0.6 is 11.6 Å². The lowest BCUT2D eigenvalue weighted by molar-refractivity contribution is -0.119. The van der Waals surface area contributed by atoms with Gasteiger partial charge in [0.05, 0.1) is 17.3 Å². The fourth-order valence-electron chi connectivity index (χ4n) is 4.13. The molecule has 1 aromatic carbocycles. The molecule has 4 rings (SSSR count). The summed E-state index contributed by atoms with van der Waals surface area (Å²) in [5.41, 5.74) is 7.28. The monoisotopic (exact) mass is 431 g/mol. The molecule has 2 amide bonds. The zero-order valence-electron chi connectivity index (χ0n) is 16.8. The van der Waals surface area contributed by atoms with Crippen molar-refractivity contribution in [1.82, 2.24) is 9.88 Å². The summed E-state index contributed by atoms with van der Waals surface area (Å²) in [6, 6.07) is 5.02. The van der Waals surface area contributed by atoms with E-state index in [4.69, 9.17) is 21.8 Å². The lowest BCUT2D eigenvalue weighted by Crippen LogP contribution is -2.43. The molecule has 0 unspecified atom stereocenters. The van der Waals surface area contributed by atoms with Crippen LogP contribution in [0.5, 0.6) is 0 Å². The largest absolute Gasteiger partial charge is 0.447 e. The molecule has 2 fully saturated rings. The van der Waals surface area contributed by atoms with Crippen molar-refractivity contribution in [1.29, 1.82) is 0 Å². The van der Waals surface area contributed by atoms with Gasteiger partial charge >= 0.3 is 0 Å². The van der Waals surface area contributed by atoms with E-state index < -0.39 is 6.04 Å². The molecule has 0 bridgehead atoms. The number of hydrogen-bond acceptors (Lipinski definition) is 6. The highest BCUT2D eigenvalue weighted by Gasteiger charge is 2.35. The van der Waals surface area contributed by atoms with E-state index in [1.165, 1.54) is 30.4 Å². The molecule has 1 atom stereocenters. The summed E-state index contributed by atoms with van der Waals surface area (Å²) in [6.07, 6.45) is 6.22. The van der Waals surface area contributed by atoms with Gasteiger partial charge in [-0.1, -0.05) is 11.6 Å². The Morgan fingerprint density at radius 1 is 1.20 bits per heavy atom. The molecule has 9 heteroatoms. The Morgan fingerprint density at radius 3 is 2.70 bits per heavy atom. The summed E-state index contributed by atoms with van der Waals surface area (Å²) >= 11 is 6.49. The van der Waals surface area contributed by atoms with E-state index in [9.17, 15) is 9.59 Å². The topological polar surface area (TPSA) is 105 Å². The first-order chi connectivity index (χ1) is 14.6. The molecule has 0 spiro atoms. The van der Waals surface area contributed by atoms with Gasteiger partial charge in [0.1, 0.15) is 12.3 Å². The molecule has 2 aliphatic rings. The number of nitrogens with zero attached hydrogens (tertiary/aromatic N) is 3. The normalized spacial score (nSPS) is 19.2. The van der Waals surface area contributed by atoms with Gasteiger partial charge in [-0.05, 0) is 50.3 Å². The Balaban J connectivity index is 1.43. The van der Waals surface area contributed by atoms with Crippen LogP contribution in [0.25, 0.3) is 0 Å². The van der Waals surface area contributed by atoms with Crippen LogP contribution in [0.15, 0.2) is 28.9 Å². The van der Waals surface area contributed by atoms with Crippen LogP contribution in [-0.2, 0) is 11.3 Å². The standard InChI is InChI=1S/C21H26ClN5O3/c22-15-11-14(6-7-17(15)26-8-2-1-3-9-26)24-20(28)18-5-4-10-27(18)21(29)16-13-30-19(12-23)25-16/h6-7,11,13,18H,1-5,8-10,12,23H2,(H,24,28)/t18-/m1/s1. The number of hydrogen-bond donors (Lipinski definition) is 2. The Bertz CT molecular complexity index is 925. The molecule has 3 N–H and O–H groups in total. The van der Waals surface area contributed by atoms with Gasteiger partial charge in [0.2, 0.25) is 11.8 Å². The molecule has 3 heterocycles. The number of benzene rings is 1. The van der Waals surface area contributed by atoms with Crippen LogP contribution < -0.4 is 16.0 Å². The van der Waals surface area contributed by atoms with E-state index in [0.29, 0.717) is 29.6 Å². The van der Waals surface area contributed by atoms with Gasteiger partial charge in [-0.25, -0.2) is 4.98 Å². The van der Waals surface area contributed by atoms with E-state index in [-0.39, 0.29) is 24.1 Å². The Kier molecular flexibility index (Phi) is 6.24. The number of nitrogens with two attached hydrogens (primary N) is 1. The smallest absolute Gasteiger partial charge is 0.276 e. The summed E-state index contributed by atoms with van der Waals surface area (Å²) < 4.78 is 5.16. The van der Waals surface area contributed by atoms with Gasteiger partial charge in [0.25, 0.3) is 5.91 Å². The maximum Gasteiger partial charge on any atom is 0.276 e. The molecular weight excluding hydrogens is 406 g/mol. The Morgan fingerprint density at radius 2 is 2.00 bits per heavy atom. The summed E-state index contributed by atoms with van der Waals surface area (Å²) in [4.78, 5) is 33.6. The predicted molar refractivity (Wildman–Crippen MR) is 115 cm³/mol. The quantitative estimate of drug-likeness (QED) is 0.753. The zero-order valence-corrected chi connectivity index (χ0v) is 17.5. The second-order valence-electron chi connectivity index (χ2n) is 7.69. The number of anilines is 2. The minimum atomic E-state index is -0.559. The van der Waals surface area contributed by atoms with Gasteiger partial charge in [0.15, 0.2) is 5.69 Å². The first-order valence-corrected chi connectivity index (χ1v) is 10.8. The van der Waals surface area contributed by atoms with Crippen LogP contribution in [0, 0.1) is 0 Å². The number of aromatic nitrogens is 1. The molecule has 2 aliphatic heterocycles. The lowest BCUT2D eigenvalue weighted by Gasteiger charge is -2.29. The van der Waals surface area contributed by atoms with Crippen molar-refractivity contribution in [2.75, 3.05) is 29.9 Å². The molecular formula is C21H26ClN5O3. The summed E-state index contributed by atoms with van der Waals surface area (Å²) in [7, 11) is 0. The molecule has 2 aromatic rings. The highest BCUT2D eigenvalue weighted by atomic mass is 35.5. The first-order valence-electron chi connectivity index (χ1n) is 10.4. The van der Waals surface area contributed by atoms with Gasteiger partial charge < -0.3 is 25.3 Å². The van der Waals surface area contributed by atoms with Crippen LogP contribution in [-0.4, -0.2) is 47.4 Å². The van der Waals surface area contributed by atoms with Gasteiger partial charge in [-0.15, -0.1) is 0 Å². The highest BCUT2D eigenvalue weighted by molar-refractivity contribution is 6.33. The van der Waals surface area contributed by atoms with Crippen molar-refractivity contribution in [3.63, 3.8) is 0 Å². The second kappa shape index (κ2) is 9.06. The van der Waals surface area contributed by atoms with E-state index in [1.807, 2.05) is 12.1 Å². The van der Waals surface area contributed by atoms with Crippen LogP contribution in [0.2, 0.25) is 5.02 Å². The zero-order chi connectivity index (χ0) is 21.1. The summed E-state index contributed by atoms with van der Waals surface area (Å²) in [6.45, 7) is 2.61. The number of piperidine rings is 1. The third-order valence-electron chi connectivity index (χ3n) is 5.67. The SMILES string of the molecule is NCc1nc(C(=O)N2CCC[C@@H]2C(=O)Nc2ccc(N3CCCCC3)c(Cl)c2)co1. The maximum atomic E-state index is 12.9. The molecule has 0 aliphatic carbocycles. The maximum absolute atomic E-state index is 12.9. The number of oxazole rings is 1. The molecule has 8 nitrogen and oxygen atoms in total. The predicted octanol–water partition coefficient (Wildman–Crippen LogP) is 3.02. The van der Waals surface area contributed by atoms with Crippen molar-refractivity contribution >= 4 is 34.8 Å². The fraction of sp³-hybridized carbons (Fsp3) is 0.476. The van der Waals surface area contributed by atoms with E-state index in [1.54, 1.807) is 6.07 Å². The van der Waals surface area contributed by atoms with Crippen LogP contribution in [0.4, 0.5) is 11.4 Å². The van der Waals surface area contributed by atoms with Gasteiger partial charge in [-0.2, -0.15) is 0 Å². The molecule has 2 saturated heterocycles. The van der Waals surface area contributed by atoms with E-state index in [2.05, 4.69) is 15.2 Å². The van der Waals surface area contributed by atoms with Gasteiger partial charge in [0, 0.05) is 25.3 Å². The lowest BCUT2D eigenvalue weighted by atomic mass is 10.1. The third-order valence-corrected chi connectivity index (χ3v) is 5.98. The minimum Gasteiger partial charge on any atom is -0.447 e. The van der Waals surface area contributed by atoms with Crippen molar-refractivity contribution in [3.8, 4) is 0 Å².